The van der Waals surface area contributed by atoms with Gasteiger partial charge in [0.25, 0.3) is 15.9 Å². The quantitative estimate of drug-likeness (QED) is 0.703. The van der Waals surface area contributed by atoms with Gasteiger partial charge in [0.2, 0.25) is 0 Å². The molecule has 0 aliphatic rings. The smallest absolute Gasteiger partial charge is 0.261 e. The molecule has 0 aliphatic carbocycles. The first-order valence-electron chi connectivity index (χ1n) is 7.96. The number of hydrogen-bond acceptors (Lipinski definition) is 4. The van der Waals surface area contributed by atoms with Crippen LogP contribution in [0.25, 0.3) is 0 Å². The third-order valence-electron chi connectivity index (χ3n) is 3.67. The molecule has 0 spiro atoms. The molecule has 1 aromatic heterocycles. The van der Waals surface area contributed by atoms with Crippen molar-refractivity contribution >= 4 is 27.3 Å². The summed E-state index contributed by atoms with van der Waals surface area (Å²) >= 11 is 0. The van der Waals surface area contributed by atoms with Crippen molar-refractivity contribution in [2.45, 2.75) is 11.8 Å². The van der Waals surface area contributed by atoms with Crippen molar-refractivity contribution in [3.63, 3.8) is 0 Å². The van der Waals surface area contributed by atoms with Crippen molar-refractivity contribution in [2.24, 2.45) is 0 Å². The molecule has 6 nitrogen and oxygen atoms in total. The zero-order chi connectivity index (χ0) is 19.4. The SMILES string of the molecule is Cc1ccc(C(=O)Nc2ccc(S(=O)(=O)Nc3cccc(F)c3)cc2)cn1. The summed E-state index contributed by atoms with van der Waals surface area (Å²) in [4.78, 5) is 16.2. The Balaban J connectivity index is 1.72. The summed E-state index contributed by atoms with van der Waals surface area (Å²) in [5.41, 5.74) is 1.75. The first-order chi connectivity index (χ1) is 12.8. The van der Waals surface area contributed by atoms with E-state index in [4.69, 9.17) is 0 Å². The van der Waals surface area contributed by atoms with E-state index in [9.17, 15) is 17.6 Å². The number of nitrogens with one attached hydrogen (secondary N) is 2. The number of hydrogen-bond donors (Lipinski definition) is 2. The highest BCUT2D eigenvalue weighted by Crippen LogP contribution is 2.19. The van der Waals surface area contributed by atoms with E-state index in [0.717, 1.165) is 11.8 Å². The minimum Gasteiger partial charge on any atom is -0.322 e. The maximum atomic E-state index is 13.2. The molecule has 0 saturated heterocycles. The molecule has 1 amide bonds. The summed E-state index contributed by atoms with van der Waals surface area (Å²) in [6, 6.07) is 14.2. The normalized spacial score (nSPS) is 11.0. The van der Waals surface area contributed by atoms with Crippen LogP contribution in [-0.4, -0.2) is 19.3 Å². The van der Waals surface area contributed by atoms with Crippen molar-refractivity contribution in [1.82, 2.24) is 4.98 Å². The van der Waals surface area contributed by atoms with E-state index in [1.165, 1.54) is 48.7 Å². The first kappa shape index (κ1) is 18.5. The topological polar surface area (TPSA) is 88.2 Å². The van der Waals surface area contributed by atoms with Gasteiger partial charge < -0.3 is 5.32 Å². The van der Waals surface area contributed by atoms with Gasteiger partial charge in [-0.1, -0.05) is 6.07 Å². The Kier molecular flexibility index (Phi) is 5.18. The number of aromatic nitrogens is 1. The minimum absolute atomic E-state index is 0.0123. The van der Waals surface area contributed by atoms with E-state index in [0.29, 0.717) is 11.3 Å². The van der Waals surface area contributed by atoms with Crippen LogP contribution in [-0.2, 0) is 10.0 Å². The Hall–Kier alpha value is -3.26. The molecule has 0 unspecified atom stereocenters. The molecule has 2 N–H and O–H groups in total. The Morgan fingerprint density at radius 1 is 1.00 bits per heavy atom. The van der Waals surface area contributed by atoms with E-state index in [2.05, 4.69) is 15.0 Å². The van der Waals surface area contributed by atoms with Crippen molar-refractivity contribution in [2.75, 3.05) is 10.0 Å². The van der Waals surface area contributed by atoms with E-state index in [-0.39, 0.29) is 16.5 Å². The van der Waals surface area contributed by atoms with E-state index >= 15 is 0 Å². The van der Waals surface area contributed by atoms with Crippen LogP contribution < -0.4 is 10.0 Å². The van der Waals surface area contributed by atoms with Gasteiger partial charge in [-0.25, -0.2) is 12.8 Å². The lowest BCUT2D eigenvalue weighted by Gasteiger charge is -2.09. The van der Waals surface area contributed by atoms with Crippen LogP contribution in [0, 0.1) is 12.7 Å². The number of pyridine rings is 1. The predicted octanol–water partition coefficient (Wildman–Crippen LogP) is 3.58. The first-order valence-corrected chi connectivity index (χ1v) is 9.44. The second-order valence-corrected chi connectivity index (χ2v) is 7.47. The fraction of sp³-hybridized carbons (Fsp3) is 0.0526. The van der Waals surface area contributed by atoms with Crippen molar-refractivity contribution in [3.8, 4) is 0 Å². The summed E-state index contributed by atoms with van der Waals surface area (Å²) in [6.07, 6.45) is 1.46. The third-order valence-corrected chi connectivity index (χ3v) is 5.07. The molecule has 0 atom stereocenters. The molecule has 0 bridgehead atoms. The van der Waals surface area contributed by atoms with Gasteiger partial charge in [-0.15, -0.1) is 0 Å². The van der Waals surface area contributed by atoms with Crippen LogP contribution in [0.2, 0.25) is 0 Å². The largest absolute Gasteiger partial charge is 0.322 e. The van der Waals surface area contributed by atoms with Crippen molar-refractivity contribution in [1.29, 1.82) is 0 Å². The van der Waals surface area contributed by atoms with Crippen molar-refractivity contribution < 1.29 is 17.6 Å². The van der Waals surface area contributed by atoms with Gasteiger partial charge in [0, 0.05) is 17.6 Å². The fourth-order valence-electron chi connectivity index (χ4n) is 2.29. The highest BCUT2D eigenvalue weighted by Gasteiger charge is 2.15. The summed E-state index contributed by atoms with van der Waals surface area (Å²) in [5, 5.41) is 2.67. The third kappa shape index (κ3) is 4.68. The average Bonchev–Trinajstić information content (AvgIpc) is 2.62. The van der Waals surface area contributed by atoms with Crippen LogP contribution in [0.3, 0.4) is 0 Å². The lowest BCUT2D eigenvalue weighted by molar-refractivity contribution is 0.102. The van der Waals surface area contributed by atoms with Gasteiger partial charge in [-0.3, -0.25) is 14.5 Å². The van der Waals surface area contributed by atoms with Crippen LogP contribution in [0.1, 0.15) is 16.1 Å². The van der Waals surface area contributed by atoms with Gasteiger partial charge in [-0.2, -0.15) is 0 Å². The average molecular weight is 385 g/mol. The number of anilines is 2. The molecule has 27 heavy (non-hydrogen) atoms. The number of rotatable bonds is 5. The Labute approximate surface area is 156 Å². The monoisotopic (exact) mass is 385 g/mol. The Morgan fingerprint density at radius 2 is 1.74 bits per heavy atom. The standard InChI is InChI=1S/C19H16FN3O3S/c1-13-5-6-14(12-21-13)19(24)22-16-7-9-18(10-8-16)27(25,26)23-17-4-2-3-15(20)11-17/h2-12,23H,1H3,(H,22,24). The minimum atomic E-state index is -3.87. The van der Waals surface area contributed by atoms with Gasteiger partial charge in [0.15, 0.2) is 0 Å². The highest BCUT2D eigenvalue weighted by atomic mass is 32.2. The molecule has 0 fully saturated rings. The van der Waals surface area contributed by atoms with Crippen LogP contribution >= 0.6 is 0 Å². The zero-order valence-corrected chi connectivity index (χ0v) is 15.1. The van der Waals surface area contributed by atoms with E-state index < -0.39 is 15.8 Å². The molecule has 0 saturated carbocycles. The van der Waals surface area contributed by atoms with Crippen LogP contribution in [0.5, 0.6) is 0 Å². The molecule has 2 aromatic carbocycles. The second-order valence-electron chi connectivity index (χ2n) is 5.78. The number of carbonyl (C=O) groups is 1. The fourth-order valence-corrected chi connectivity index (χ4v) is 3.34. The molecule has 0 aliphatic heterocycles. The molecule has 3 aromatic rings. The molecule has 0 radical (unpaired) electrons. The molecule has 3 rings (SSSR count). The molecule has 8 heteroatoms. The molecular formula is C19H16FN3O3S. The number of halogens is 1. The number of sulfonamides is 1. The second kappa shape index (κ2) is 7.55. The van der Waals surface area contributed by atoms with E-state index in [1.54, 1.807) is 12.1 Å². The Morgan fingerprint density at radius 3 is 2.37 bits per heavy atom. The highest BCUT2D eigenvalue weighted by molar-refractivity contribution is 7.92. The van der Waals surface area contributed by atoms with Crippen LogP contribution in [0.4, 0.5) is 15.8 Å². The number of benzene rings is 2. The van der Waals surface area contributed by atoms with Crippen molar-refractivity contribution in [3.05, 3.63) is 83.9 Å². The number of carbonyl (C=O) groups excluding carboxylic acids is 1. The van der Waals surface area contributed by atoms with Gasteiger partial charge >= 0.3 is 0 Å². The zero-order valence-electron chi connectivity index (χ0n) is 14.3. The van der Waals surface area contributed by atoms with E-state index in [1.807, 2.05) is 6.92 Å². The maximum Gasteiger partial charge on any atom is 0.261 e. The predicted molar refractivity (Wildman–Crippen MR) is 101 cm³/mol. The summed E-state index contributed by atoms with van der Waals surface area (Å²) in [7, 11) is -3.87. The Bertz CT molecular complexity index is 1070. The van der Waals surface area contributed by atoms with Gasteiger partial charge in [0.1, 0.15) is 5.82 Å². The number of amides is 1. The van der Waals surface area contributed by atoms with Gasteiger partial charge in [0.05, 0.1) is 16.1 Å². The number of nitrogens with zero attached hydrogens (tertiary/aromatic N) is 1. The van der Waals surface area contributed by atoms with Gasteiger partial charge in [-0.05, 0) is 61.5 Å². The lowest BCUT2D eigenvalue weighted by atomic mass is 10.2. The molecule has 138 valence electrons. The summed E-state index contributed by atoms with van der Waals surface area (Å²) in [5.74, 6) is -0.894. The molecule has 1 heterocycles. The molecular weight excluding hydrogens is 369 g/mol. The number of aryl methyl sites for hydroxylation is 1. The maximum absolute atomic E-state index is 13.2. The summed E-state index contributed by atoms with van der Waals surface area (Å²) in [6.45, 7) is 1.82. The van der Waals surface area contributed by atoms with Crippen LogP contribution in [0.15, 0.2) is 71.8 Å². The lowest BCUT2D eigenvalue weighted by Crippen LogP contribution is -2.14. The summed E-state index contributed by atoms with van der Waals surface area (Å²) < 4.78 is 40.2.